The Bertz CT molecular complexity index is 266. The molecule has 0 fully saturated rings. The number of allylic oxidation sites excluding steroid dienone is 2. The van der Waals surface area contributed by atoms with Crippen molar-refractivity contribution in [2.45, 2.75) is 77.6 Å². The first-order valence-corrected chi connectivity index (χ1v) is 7.68. The van der Waals surface area contributed by atoms with Crippen LogP contribution in [0, 0.1) is 0 Å². The van der Waals surface area contributed by atoms with Crippen LogP contribution in [0.2, 0.25) is 0 Å². The average molecular weight is 266 g/mol. The number of carboxylic acids is 1. The van der Waals surface area contributed by atoms with E-state index < -0.39 is 5.97 Å². The summed E-state index contributed by atoms with van der Waals surface area (Å²) >= 11 is 0. The Morgan fingerprint density at radius 3 is 1.89 bits per heavy atom. The van der Waals surface area contributed by atoms with Gasteiger partial charge in [0.15, 0.2) is 0 Å². The van der Waals surface area contributed by atoms with Gasteiger partial charge in [-0.25, -0.2) is 4.79 Å². The highest BCUT2D eigenvalue weighted by Gasteiger charge is 1.96. The molecule has 0 rings (SSSR count). The molecule has 0 aromatic carbocycles. The van der Waals surface area contributed by atoms with Crippen LogP contribution in [0.4, 0.5) is 0 Å². The molecular formula is C17H30O2. The van der Waals surface area contributed by atoms with Crippen molar-refractivity contribution in [2.75, 3.05) is 0 Å². The summed E-state index contributed by atoms with van der Waals surface area (Å²) in [6.45, 7) is 5.63. The standard InChI is InChI=1S/C17H30O2/c1-3-4-5-6-7-8-9-10-11-12-13-14-16(2)15-17(18)19/h3,15H,1,4-14H2,2H3,(H,18,19)/b16-15+. The molecule has 0 aromatic rings. The summed E-state index contributed by atoms with van der Waals surface area (Å²) < 4.78 is 0. The summed E-state index contributed by atoms with van der Waals surface area (Å²) in [7, 11) is 0. The molecule has 0 heterocycles. The number of carbonyl (C=O) groups is 1. The average Bonchev–Trinajstić information content (AvgIpc) is 2.35. The second kappa shape index (κ2) is 13.4. The number of unbranched alkanes of at least 4 members (excludes halogenated alkanes) is 9. The Hall–Kier alpha value is -1.05. The van der Waals surface area contributed by atoms with Crippen LogP contribution in [0.15, 0.2) is 24.3 Å². The zero-order chi connectivity index (χ0) is 14.3. The topological polar surface area (TPSA) is 37.3 Å². The van der Waals surface area contributed by atoms with Gasteiger partial charge in [0, 0.05) is 6.08 Å². The minimum atomic E-state index is -0.825. The highest BCUT2D eigenvalue weighted by molar-refractivity contribution is 5.80. The van der Waals surface area contributed by atoms with E-state index in [4.69, 9.17) is 5.11 Å². The predicted molar refractivity (Wildman–Crippen MR) is 82.4 cm³/mol. The number of hydrogen-bond donors (Lipinski definition) is 1. The van der Waals surface area contributed by atoms with E-state index in [1.54, 1.807) is 0 Å². The van der Waals surface area contributed by atoms with Crippen molar-refractivity contribution >= 4 is 5.97 Å². The van der Waals surface area contributed by atoms with Crippen molar-refractivity contribution in [3.05, 3.63) is 24.3 Å². The lowest BCUT2D eigenvalue weighted by atomic mass is 10.0. The van der Waals surface area contributed by atoms with Crippen LogP contribution in [0.1, 0.15) is 77.6 Å². The normalized spacial score (nSPS) is 11.5. The summed E-state index contributed by atoms with van der Waals surface area (Å²) in [5, 5.41) is 8.58. The van der Waals surface area contributed by atoms with E-state index in [2.05, 4.69) is 6.58 Å². The number of rotatable bonds is 13. The van der Waals surface area contributed by atoms with E-state index in [0.29, 0.717) is 0 Å². The molecule has 0 radical (unpaired) electrons. The van der Waals surface area contributed by atoms with Gasteiger partial charge < -0.3 is 5.11 Å². The van der Waals surface area contributed by atoms with Crippen LogP contribution >= 0.6 is 0 Å². The van der Waals surface area contributed by atoms with Crippen molar-refractivity contribution in [1.29, 1.82) is 0 Å². The Kier molecular flexibility index (Phi) is 12.6. The molecule has 0 spiro atoms. The third-order valence-corrected chi connectivity index (χ3v) is 3.35. The first-order valence-electron chi connectivity index (χ1n) is 7.68. The van der Waals surface area contributed by atoms with Gasteiger partial charge in [0.05, 0.1) is 0 Å². The van der Waals surface area contributed by atoms with E-state index in [0.717, 1.165) is 24.8 Å². The molecule has 0 amide bonds. The van der Waals surface area contributed by atoms with E-state index >= 15 is 0 Å². The summed E-state index contributed by atoms with van der Waals surface area (Å²) in [6, 6.07) is 0. The summed E-state index contributed by atoms with van der Waals surface area (Å²) in [6.07, 6.45) is 17.0. The molecule has 0 saturated heterocycles. The van der Waals surface area contributed by atoms with E-state index in [9.17, 15) is 4.79 Å². The molecule has 0 saturated carbocycles. The number of hydrogen-bond acceptors (Lipinski definition) is 1. The fourth-order valence-electron chi connectivity index (χ4n) is 2.21. The zero-order valence-corrected chi connectivity index (χ0v) is 12.5. The fourth-order valence-corrected chi connectivity index (χ4v) is 2.21. The Morgan fingerprint density at radius 2 is 1.42 bits per heavy atom. The molecule has 0 unspecified atom stereocenters. The van der Waals surface area contributed by atoms with E-state index in [-0.39, 0.29) is 0 Å². The molecule has 1 N–H and O–H groups in total. The smallest absolute Gasteiger partial charge is 0.328 e. The maximum Gasteiger partial charge on any atom is 0.328 e. The Morgan fingerprint density at radius 1 is 0.947 bits per heavy atom. The SMILES string of the molecule is C=CCCCCCCCCCCC/C(C)=C/C(=O)O. The van der Waals surface area contributed by atoms with Crippen LogP contribution in [-0.2, 0) is 4.79 Å². The molecule has 0 aliphatic rings. The van der Waals surface area contributed by atoms with Crippen LogP contribution in [-0.4, -0.2) is 11.1 Å². The predicted octanol–water partition coefficient (Wildman–Crippen LogP) is 5.49. The van der Waals surface area contributed by atoms with Gasteiger partial charge >= 0.3 is 5.97 Å². The summed E-state index contributed by atoms with van der Waals surface area (Å²) in [5.74, 6) is -0.825. The lowest BCUT2D eigenvalue weighted by Crippen LogP contribution is -1.90. The minimum Gasteiger partial charge on any atom is -0.478 e. The van der Waals surface area contributed by atoms with Crippen LogP contribution in [0.3, 0.4) is 0 Å². The molecule has 0 aromatic heterocycles. The second-order valence-corrected chi connectivity index (χ2v) is 5.34. The molecule has 0 bridgehead atoms. The van der Waals surface area contributed by atoms with Crippen LogP contribution < -0.4 is 0 Å². The molecule has 0 aliphatic carbocycles. The van der Waals surface area contributed by atoms with Crippen molar-refractivity contribution in [3.63, 3.8) is 0 Å². The van der Waals surface area contributed by atoms with E-state index in [1.807, 2.05) is 13.0 Å². The van der Waals surface area contributed by atoms with Crippen molar-refractivity contribution in [1.82, 2.24) is 0 Å². The van der Waals surface area contributed by atoms with Crippen LogP contribution in [0.25, 0.3) is 0 Å². The van der Waals surface area contributed by atoms with Crippen molar-refractivity contribution < 1.29 is 9.90 Å². The van der Waals surface area contributed by atoms with Gasteiger partial charge in [-0.1, -0.05) is 56.6 Å². The maximum atomic E-state index is 10.4. The van der Waals surface area contributed by atoms with E-state index in [1.165, 1.54) is 57.4 Å². The van der Waals surface area contributed by atoms with Crippen molar-refractivity contribution in [3.8, 4) is 0 Å². The quantitative estimate of drug-likeness (QED) is 0.272. The maximum absolute atomic E-state index is 10.4. The minimum absolute atomic E-state index is 0.825. The molecule has 2 nitrogen and oxygen atoms in total. The summed E-state index contributed by atoms with van der Waals surface area (Å²) in [5.41, 5.74) is 0.981. The highest BCUT2D eigenvalue weighted by atomic mass is 16.4. The fraction of sp³-hybridized carbons (Fsp3) is 0.706. The van der Waals surface area contributed by atoms with Crippen molar-refractivity contribution in [2.24, 2.45) is 0 Å². The lowest BCUT2D eigenvalue weighted by molar-refractivity contribution is -0.131. The highest BCUT2D eigenvalue weighted by Crippen LogP contribution is 2.13. The molecular weight excluding hydrogens is 236 g/mol. The lowest BCUT2D eigenvalue weighted by Gasteiger charge is -2.02. The first kappa shape index (κ1) is 17.9. The van der Waals surface area contributed by atoms with Gasteiger partial charge in [-0.15, -0.1) is 6.58 Å². The zero-order valence-electron chi connectivity index (χ0n) is 12.5. The second-order valence-electron chi connectivity index (χ2n) is 5.34. The molecule has 19 heavy (non-hydrogen) atoms. The Labute approximate surface area is 118 Å². The van der Waals surface area contributed by atoms with Gasteiger partial charge in [-0.3, -0.25) is 0 Å². The van der Waals surface area contributed by atoms with Crippen LogP contribution in [0.5, 0.6) is 0 Å². The number of carboxylic acid groups (broad SMARTS) is 1. The third-order valence-electron chi connectivity index (χ3n) is 3.35. The third kappa shape index (κ3) is 14.9. The molecule has 2 heteroatoms. The van der Waals surface area contributed by atoms with Gasteiger partial charge in [-0.2, -0.15) is 0 Å². The first-order chi connectivity index (χ1) is 9.16. The Balaban J connectivity index is 3.19. The van der Waals surface area contributed by atoms with Gasteiger partial charge in [0.2, 0.25) is 0 Å². The van der Waals surface area contributed by atoms with Gasteiger partial charge in [-0.05, 0) is 32.6 Å². The summed E-state index contributed by atoms with van der Waals surface area (Å²) in [4.78, 5) is 10.4. The van der Waals surface area contributed by atoms with Gasteiger partial charge in [0.1, 0.15) is 0 Å². The molecule has 110 valence electrons. The number of aliphatic carboxylic acids is 1. The molecule has 0 aliphatic heterocycles. The largest absolute Gasteiger partial charge is 0.478 e. The monoisotopic (exact) mass is 266 g/mol. The molecule has 0 atom stereocenters. The van der Waals surface area contributed by atoms with Gasteiger partial charge in [0.25, 0.3) is 0 Å².